The van der Waals surface area contributed by atoms with E-state index in [-0.39, 0.29) is 30.3 Å². The summed E-state index contributed by atoms with van der Waals surface area (Å²) in [6.07, 6.45) is 1.69. The molecule has 162 valence electrons. The molecule has 6 heteroatoms. The van der Waals surface area contributed by atoms with E-state index in [2.05, 4.69) is 11.4 Å². The molecule has 1 atom stereocenters. The highest BCUT2D eigenvalue weighted by Crippen LogP contribution is 2.34. The van der Waals surface area contributed by atoms with Crippen molar-refractivity contribution in [2.75, 3.05) is 26.2 Å². The lowest BCUT2D eigenvalue weighted by molar-refractivity contribution is -0.144. The van der Waals surface area contributed by atoms with E-state index < -0.39 is 0 Å². The first kappa shape index (κ1) is 22.3. The molecule has 0 bridgehead atoms. The van der Waals surface area contributed by atoms with Crippen molar-refractivity contribution in [3.8, 4) is 5.75 Å². The number of amides is 2. The summed E-state index contributed by atoms with van der Waals surface area (Å²) >= 11 is 1.74. The number of rotatable bonds is 8. The highest BCUT2D eigenvalue weighted by Gasteiger charge is 2.33. The molecule has 1 unspecified atom stereocenters. The number of fused-ring (bicyclic) bond motifs is 1. The summed E-state index contributed by atoms with van der Waals surface area (Å²) in [5, 5.41) is 2.09. The molecular weight excluding hydrogens is 396 g/mol. The Morgan fingerprint density at radius 1 is 1.23 bits per heavy atom. The van der Waals surface area contributed by atoms with Gasteiger partial charge in [-0.1, -0.05) is 38.5 Å². The van der Waals surface area contributed by atoms with Crippen LogP contribution in [0.25, 0.3) is 0 Å². The lowest BCUT2D eigenvalue weighted by Crippen LogP contribution is -2.48. The summed E-state index contributed by atoms with van der Waals surface area (Å²) < 4.78 is 6.08. The van der Waals surface area contributed by atoms with Crippen molar-refractivity contribution < 1.29 is 14.3 Å². The van der Waals surface area contributed by atoms with Gasteiger partial charge in [0.25, 0.3) is 0 Å². The quantitative estimate of drug-likeness (QED) is 0.624. The van der Waals surface area contributed by atoms with Crippen molar-refractivity contribution in [3.05, 3.63) is 51.7 Å². The summed E-state index contributed by atoms with van der Waals surface area (Å²) in [6.45, 7) is 9.63. The van der Waals surface area contributed by atoms with Crippen molar-refractivity contribution >= 4 is 23.2 Å². The summed E-state index contributed by atoms with van der Waals surface area (Å²) in [5.74, 6) is 0.713. The van der Waals surface area contributed by atoms with Gasteiger partial charge in [0.1, 0.15) is 12.4 Å². The standard InChI is InChI=1S/C24H32N2O3S/c1-5-12-25(24(28)17(2)3)15-23(27)26-13-10-22-20(11-14-30-22)21(26)16-29-19-8-6-18(4)7-9-19/h6-9,11,14,17,21H,5,10,12-13,15-16H2,1-4H3. The van der Waals surface area contributed by atoms with Crippen LogP contribution < -0.4 is 4.74 Å². The zero-order chi connectivity index (χ0) is 21.7. The molecule has 1 aliphatic heterocycles. The minimum absolute atomic E-state index is 0.00759. The Morgan fingerprint density at radius 2 is 1.97 bits per heavy atom. The zero-order valence-corrected chi connectivity index (χ0v) is 19.2. The van der Waals surface area contributed by atoms with Gasteiger partial charge < -0.3 is 14.5 Å². The largest absolute Gasteiger partial charge is 0.491 e. The van der Waals surface area contributed by atoms with E-state index in [0.29, 0.717) is 19.7 Å². The summed E-state index contributed by atoms with van der Waals surface area (Å²) in [5.41, 5.74) is 2.35. The van der Waals surface area contributed by atoms with Gasteiger partial charge in [-0.05, 0) is 48.9 Å². The van der Waals surface area contributed by atoms with Gasteiger partial charge in [-0.3, -0.25) is 9.59 Å². The third-order valence-electron chi connectivity index (χ3n) is 5.47. The Hall–Kier alpha value is -2.34. The monoisotopic (exact) mass is 428 g/mol. The number of benzene rings is 1. The maximum Gasteiger partial charge on any atom is 0.242 e. The second kappa shape index (κ2) is 10.1. The lowest BCUT2D eigenvalue weighted by Gasteiger charge is -2.37. The van der Waals surface area contributed by atoms with Crippen molar-refractivity contribution in [1.29, 1.82) is 0 Å². The van der Waals surface area contributed by atoms with Crippen molar-refractivity contribution in [2.45, 2.75) is 46.6 Å². The molecule has 0 N–H and O–H groups in total. The fraction of sp³-hybridized carbons (Fsp3) is 0.500. The van der Waals surface area contributed by atoms with Crippen LogP contribution in [0.1, 0.15) is 49.2 Å². The zero-order valence-electron chi connectivity index (χ0n) is 18.4. The van der Waals surface area contributed by atoms with Crippen LogP contribution in [-0.4, -0.2) is 47.9 Å². The van der Waals surface area contributed by atoms with Gasteiger partial charge in [0.05, 0.1) is 12.6 Å². The number of hydrogen-bond donors (Lipinski definition) is 0. The number of nitrogens with zero attached hydrogens (tertiary/aromatic N) is 2. The van der Waals surface area contributed by atoms with Gasteiger partial charge in [-0.2, -0.15) is 0 Å². The van der Waals surface area contributed by atoms with Crippen LogP contribution in [0.2, 0.25) is 0 Å². The molecule has 0 spiro atoms. The Morgan fingerprint density at radius 3 is 2.63 bits per heavy atom. The van der Waals surface area contributed by atoms with Crippen LogP contribution in [-0.2, 0) is 16.0 Å². The SMILES string of the molecule is CCCN(CC(=O)N1CCc2sccc2C1COc1ccc(C)cc1)C(=O)C(C)C. The van der Waals surface area contributed by atoms with E-state index in [1.165, 1.54) is 16.0 Å². The smallest absolute Gasteiger partial charge is 0.242 e. The minimum atomic E-state index is -0.133. The third-order valence-corrected chi connectivity index (χ3v) is 6.47. The molecule has 0 saturated carbocycles. The van der Waals surface area contributed by atoms with Crippen LogP contribution in [0.5, 0.6) is 5.75 Å². The van der Waals surface area contributed by atoms with Gasteiger partial charge >= 0.3 is 0 Å². The van der Waals surface area contributed by atoms with Crippen LogP contribution in [0, 0.1) is 12.8 Å². The fourth-order valence-electron chi connectivity index (χ4n) is 3.84. The minimum Gasteiger partial charge on any atom is -0.491 e. The lowest BCUT2D eigenvalue weighted by atomic mass is 10.00. The molecule has 0 saturated heterocycles. The van der Waals surface area contributed by atoms with Gasteiger partial charge in [-0.25, -0.2) is 0 Å². The average molecular weight is 429 g/mol. The highest BCUT2D eigenvalue weighted by atomic mass is 32.1. The Balaban J connectivity index is 1.76. The molecule has 5 nitrogen and oxygen atoms in total. The van der Waals surface area contributed by atoms with Crippen molar-refractivity contribution in [3.63, 3.8) is 0 Å². The first-order valence-corrected chi connectivity index (χ1v) is 11.6. The van der Waals surface area contributed by atoms with Gasteiger partial charge in [0.2, 0.25) is 11.8 Å². The van der Waals surface area contributed by atoms with E-state index in [4.69, 9.17) is 4.74 Å². The topological polar surface area (TPSA) is 49.9 Å². The molecule has 2 aromatic rings. The van der Waals surface area contributed by atoms with Crippen LogP contribution in [0.15, 0.2) is 35.7 Å². The molecular formula is C24H32N2O3S. The molecule has 0 radical (unpaired) electrons. The van der Waals surface area contributed by atoms with Gasteiger partial charge in [0.15, 0.2) is 0 Å². The van der Waals surface area contributed by atoms with E-state index in [0.717, 1.165) is 18.6 Å². The molecule has 0 aliphatic carbocycles. The molecule has 1 aromatic heterocycles. The maximum absolute atomic E-state index is 13.3. The number of hydrogen-bond acceptors (Lipinski definition) is 4. The second-order valence-corrected chi connectivity index (χ2v) is 9.19. The van der Waals surface area contributed by atoms with Crippen LogP contribution in [0.4, 0.5) is 0 Å². The van der Waals surface area contributed by atoms with E-state index in [1.54, 1.807) is 16.2 Å². The normalized spacial score (nSPS) is 15.8. The Labute approximate surface area is 183 Å². The van der Waals surface area contributed by atoms with Crippen molar-refractivity contribution in [2.24, 2.45) is 5.92 Å². The second-order valence-electron chi connectivity index (χ2n) is 8.19. The fourth-order valence-corrected chi connectivity index (χ4v) is 4.77. The number of ether oxygens (including phenoxy) is 1. The third kappa shape index (κ3) is 5.22. The van der Waals surface area contributed by atoms with Crippen molar-refractivity contribution in [1.82, 2.24) is 9.80 Å². The molecule has 1 aliphatic rings. The van der Waals surface area contributed by atoms with Crippen LogP contribution >= 0.6 is 11.3 Å². The molecule has 2 heterocycles. The molecule has 3 rings (SSSR count). The van der Waals surface area contributed by atoms with Crippen LogP contribution in [0.3, 0.4) is 0 Å². The van der Waals surface area contributed by atoms with Gasteiger partial charge in [0, 0.05) is 23.9 Å². The van der Waals surface area contributed by atoms with E-state index >= 15 is 0 Å². The number of carbonyl (C=O) groups excluding carboxylic acids is 2. The number of carbonyl (C=O) groups is 2. The highest BCUT2D eigenvalue weighted by molar-refractivity contribution is 7.10. The molecule has 2 amide bonds. The average Bonchev–Trinajstić information content (AvgIpc) is 3.21. The van der Waals surface area contributed by atoms with Gasteiger partial charge in [-0.15, -0.1) is 11.3 Å². The summed E-state index contributed by atoms with van der Waals surface area (Å²) in [6, 6.07) is 9.94. The Bertz CT molecular complexity index is 860. The molecule has 1 aromatic carbocycles. The number of thiophene rings is 1. The van der Waals surface area contributed by atoms with E-state index in [9.17, 15) is 9.59 Å². The summed E-state index contributed by atoms with van der Waals surface area (Å²) in [4.78, 5) is 30.8. The molecule has 30 heavy (non-hydrogen) atoms. The first-order valence-electron chi connectivity index (χ1n) is 10.7. The number of aryl methyl sites for hydroxylation is 1. The maximum atomic E-state index is 13.3. The molecule has 0 fully saturated rings. The first-order chi connectivity index (χ1) is 14.4. The Kier molecular flexibility index (Phi) is 7.53. The predicted molar refractivity (Wildman–Crippen MR) is 121 cm³/mol. The predicted octanol–water partition coefficient (Wildman–Crippen LogP) is 4.46. The summed E-state index contributed by atoms with van der Waals surface area (Å²) in [7, 11) is 0. The van der Waals surface area contributed by atoms with E-state index in [1.807, 2.05) is 56.9 Å².